The van der Waals surface area contributed by atoms with E-state index in [1.165, 1.54) is 11.9 Å². The monoisotopic (exact) mass is 461 g/mol. The number of fused-ring (bicyclic) bond motifs is 1. The highest BCUT2D eigenvalue weighted by molar-refractivity contribution is 7.90. The van der Waals surface area contributed by atoms with Gasteiger partial charge in [0.05, 0.1) is 11.1 Å². The molecule has 1 fully saturated rings. The Kier molecular flexibility index (Phi) is 5.42. The van der Waals surface area contributed by atoms with Crippen molar-refractivity contribution in [1.82, 2.24) is 19.9 Å². The third-order valence-corrected chi connectivity index (χ3v) is 7.41. The molecule has 1 aliphatic rings. The number of nitrogens with zero attached hydrogens (tertiary/aromatic N) is 4. The first-order valence-corrected chi connectivity index (χ1v) is 12.9. The van der Waals surface area contributed by atoms with Gasteiger partial charge in [-0.1, -0.05) is 24.3 Å². The average molecular weight is 462 g/mol. The molecule has 0 aliphatic carbocycles. The zero-order valence-electron chi connectivity index (χ0n) is 18.9. The number of benzene rings is 2. The maximum Gasteiger partial charge on any atom is 0.175 e. The lowest BCUT2D eigenvalue weighted by atomic mass is 10.0. The van der Waals surface area contributed by atoms with Crippen molar-refractivity contribution in [3.63, 3.8) is 0 Å². The highest BCUT2D eigenvalue weighted by atomic mass is 32.2. The van der Waals surface area contributed by atoms with E-state index in [0.717, 1.165) is 41.0 Å². The second-order valence-electron chi connectivity index (χ2n) is 8.78. The van der Waals surface area contributed by atoms with Crippen LogP contribution in [0.4, 0.5) is 5.69 Å². The summed E-state index contributed by atoms with van der Waals surface area (Å²) in [4.78, 5) is 7.43. The first-order valence-electron chi connectivity index (χ1n) is 11.0. The minimum Gasteiger partial charge on any atom is -0.364 e. The average Bonchev–Trinajstić information content (AvgIpc) is 3.22. The molecule has 0 spiro atoms. The van der Waals surface area contributed by atoms with Gasteiger partial charge in [-0.3, -0.25) is 0 Å². The fourth-order valence-corrected chi connectivity index (χ4v) is 5.21. The Morgan fingerprint density at radius 2 is 1.52 bits per heavy atom. The van der Waals surface area contributed by atoms with Gasteiger partial charge in [-0.15, -0.1) is 0 Å². The van der Waals surface area contributed by atoms with Gasteiger partial charge < -0.3 is 10.2 Å². The predicted molar refractivity (Wildman–Crippen MR) is 131 cm³/mol. The number of anilines is 1. The number of aromatic nitrogens is 3. The first-order chi connectivity index (χ1) is 15.8. The maximum atomic E-state index is 11.7. The zero-order chi connectivity index (χ0) is 23.2. The SMILES string of the molecule is CC1CNCC(C)N1c1ccc(-c2cnc3c(-c4ccc(S(C)(=O)=O)cc4)cnn3c2)cc1. The summed E-state index contributed by atoms with van der Waals surface area (Å²) in [5.74, 6) is 0. The van der Waals surface area contributed by atoms with Crippen molar-refractivity contribution in [2.45, 2.75) is 30.8 Å². The molecule has 1 N–H and O–H groups in total. The Labute approximate surface area is 194 Å². The van der Waals surface area contributed by atoms with E-state index in [4.69, 9.17) is 0 Å². The molecule has 4 aromatic rings. The molecule has 0 saturated carbocycles. The maximum absolute atomic E-state index is 11.7. The van der Waals surface area contributed by atoms with Crippen molar-refractivity contribution in [3.05, 3.63) is 67.1 Å². The van der Waals surface area contributed by atoms with E-state index in [9.17, 15) is 8.42 Å². The summed E-state index contributed by atoms with van der Waals surface area (Å²) in [5.41, 5.74) is 5.76. The second-order valence-corrected chi connectivity index (χ2v) is 10.8. The van der Waals surface area contributed by atoms with Crippen LogP contribution in [-0.2, 0) is 9.84 Å². The van der Waals surface area contributed by atoms with Gasteiger partial charge in [0.25, 0.3) is 0 Å². The highest BCUT2D eigenvalue weighted by Gasteiger charge is 2.24. The highest BCUT2D eigenvalue weighted by Crippen LogP contribution is 2.29. The van der Waals surface area contributed by atoms with Crippen LogP contribution in [-0.4, -0.2) is 54.4 Å². The molecule has 33 heavy (non-hydrogen) atoms. The molecule has 2 atom stereocenters. The molecule has 3 heterocycles. The lowest BCUT2D eigenvalue weighted by Crippen LogP contribution is -2.55. The molecule has 1 saturated heterocycles. The lowest BCUT2D eigenvalue weighted by Gasteiger charge is -2.41. The molecule has 2 unspecified atom stereocenters. The van der Waals surface area contributed by atoms with Gasteiger partial charge in [0, 0.05) is 60.6 Å². The van der Waals surface area contributed by atoms with E-state index in [2.05, 4.69) is 58.4 Å². The summed E-state index contributed by atoms with van der Waals surface area (Å²) in [6.45, 7) is 6.48. The largest absolute Gasteiger partial charge is 0.364 e. The standard InChI is InChI=1S/C25H27N5O2S/c1-17-12-26-13-18(2)30(17)22-8-4-19(5-9-22)21-14-27-25-24(15-28-29(25)16-21)20-6-10-23(11-7-20)33(3,31)32/h4-11,14-18,26H,12-13H2,1-3H3. The summed E-state index contributed by atoms with van der Waals surface area (Å²) in [6.07, 6.45) is 6.80. The molecule has 5 rings (SSSR count). The molecule has 2 aromatic carbocycles. The van der Waals surface area contributed by atoms with Gasteiger partial charge in [-0.2, -0.15) is 5.10 Å². The van der Waals surface area contributed by atoms with Gasteiger partial charge in [-0.25, -0.2) is 17.9 Å². The van der Waals surface area contributed by atoms with Crippen LogP contribution in [0.15, 0.2) is 72.0 Å². The summed E-state index contributed by atoms with van der Waals surface area (Å²) in [6, 6.07) is 16.3. The number of nitrogens with one attached hydrogen (secondary N) is 1. The molecule has 2 aromatic heterocycles. The van der Waals surface area contributed by atoms with E-state index in [1.807, 2.05) is 12.4 Å². The van der Waals surface area contributed by atoms with Gasteiger partial charge >= 0.3 is 0 Å². The third-order valence-electron chi connectivity index (χ3n) is 6.28. The number of hydrogen-bond donors (Lipinski definition) is 1. The first kappa shape index (κ1) is 21.6. The van der Waals surface area contributed by atoms with Crippen molar-refractivity contribution >= 4 is 21.2 Å². The Hall–Kier alpha value is -3.23. The quantitative estimate of drug-likeness (QED) is 0.500. The molecule has 0 radical (unpaired) electrons. The van der Waals surface area contributed by atoms with E-state index >= 15 is 0 Å². The fourth-order valence-electron chi connectivity index (χ4n) is 4.58. The van der Waals surface area contributed by atoms with Crippen LogP contribution in [0, 0.1) is 0 Å². The Morgan fingerprint density at radius 1 is 0.879 bits per heavy atom. The summed E-state index contributed by atoms with van der Waals surface area (Å²) in [5, 5.41) is 7.96. The minimum atomic E-state index is -3.23. The van der Waals surface area contributed by atoms with Gasteiger partial charge in [0.2, 0.25) is 0 Å². The van der Waals surface area contributed by atoms with E-state index < -0.39 is 9.84 Å². The van der Waals surface area contributed by atoms with Gasteiger partial charge in [-0.05, 0) is 49.2 Å². The Bertz CT molecular complexity index is 1390. The second kappa shape index (κ2) is 8.28. The van der Waals surface area contributed by atoms with Crippen molar-refractivity contribution in [2.24, 2.45) is 0 Å². The normalized spacial score (nSPS) is 19.2. The van der Waals surface area contributed by atoms with Gasteiger partial charge in [0.1, 0.15) is 0 Å². The van der Waals surface area contributed by atoms with Crippen LogP contribution in [0.5, 0.6) is 0 Å². The number of hydrogen-bond acceptors (Lipinski definition) is 6. The Balaban J connectivity index is 1.43. The predicted octanol–water partition coefficient (Wildman–Crippen LogP) is 3.65. The molecule has 1 aliphatic heterocycles. The van der Waals surface area contributed by atoms with Crippen LogP contribution in [0.1, 0.15) is 13.8 Å². The topological polar surface area (TPSA) is 79.6 Å². The lowest BCUT2D eigenvalue weighted by molar-refractivity contribution is 0.432. The van der Waals surface area contributed by atoms with Crippen molar-refractivity contribution in [3.8, 4) is 22.3 Å². The van der Waals surface area contributed by atoms with Crippen LogP contribution in [0.25, 0.3) is 27.9 Å². The van der Waals surface area contributed by atoms with E-state index in [-0.39, 0.29) is 0 Å². The molecular weight excluding hydrogens is 434 g/mol. The van der Waals surface area contributed by atoms with Crippen LogP contribution in [0.3, 0.4) is 0 Å². The Morgan fingerprint density at radius 3 is 2.15 bits per heavy atom. The van der Waals surface area contributed by atoms with Crippen LogP contribution >= 0.6 is 0 Å². The van der Waals surface area contributed by atoms with E-state index in [1.54, 1.807) is 35.0 Å². The summed E-state index contributed by atoms with van der Waals surface area (Å²) < 4.78 is 25.2. The zero-order valence-corrected chi connectivity index (χ0v) is 19.7. The molecule has 0 amide bonds. The summed E-state index contributed by atoms with van der Waals surface area (Å²) >= 11 is 0. The van der Waals surface area contributed by atoms with Crippen molar-refractivity contribution in [1.29, 1.82) is 0 Å². The minimum absolute atomic E-state index is 0.297. The molecule has 7 nitrogen and oxygen atoms in total. The third kappa shape index (κ3) is 4.12. The van der Waals surface area contributed by atoms with E-state index in [0.29, 0.717) is 17.0 Å². The van der Waals surface area contributed by atoms with Crippen LogP contribution in [0.2, 0.25) is 0 Å². The van der Waals surface area contributed by atoms with Crippen molar-refractivity contribution < 1.29 is 8.42 Å². The molecule has 0 bridgehead atoms. The van der Waals surface area contributed by atoms with Gasteiger partial charge in [0.15, 0.2) is 15.5 Å². The number of rotatable bonds is 4. The fraction of sp³-hybridized carbons (Fsp3) is 0.280. The number of sulfone groups is 1. The van der Waals surface area contributed by atoms with Crippen molar-refractivity contribution in [2.75, 3.05) is 24.2 Å². The molecule has 170 valence electrons. The number of piperazine rings is 1. The van der Waals surface area contributed by atoms with Crippen LogP contribution < -0.4 is 10.2 Å². The smallest absolute Gasteiger partial charge is 0.175 e. The summed E-state index contributed by atoms with van der Waals surface area (Å²) in [7, 11) is -3.23. The molecule has 8 heteroatoms. The molecular formula is C25H27N5O2S.